The quantitative estimate of drug-likeness (QED) is 0.866. The van der Waals surface area contributed by atoms with Gasteiger partial charge in [0.15, 0.2) is 0 Å². The number of amides is 1. The van der Waals surface area contributed by atoms with Gasteiger partial charge in [-0.25, -0.2) is 0 Å². The Labute approximate surface area is 148 Å². The molecule has 1 amide bonds. The Balaban J connectivity index is 1.39. The van der Waals surface area contributed by atoms with Crippen molar-refractivity contribution in [3.63, 3.8) is 0 Å². The molecule has 1 saturated heterocycles. The van der Waals surface area contributed by atoms with Gasteiger partial charge in [-0.05, 0) is 19.4 Å². The summed E-state index contributed by atoms with van der Waals surface area (Å²) >= 11 is 0. The Morgan fingerprint density at radius 2 is 1.80 bits per heavy atom. The summed E-state index contributed by atoms with van der Waals surface area (Å²) in [7, 11) is 0. The van der Waals surface area contributed by atoms with Gasteiger partial charge in [-0.3, -0.25) is 14.6 Å². The van der Waals surface area contributed by atoms with Crippen molar-refractivity contribution in [2.75, 3.05) is 32.7 Å². The number of benzene rings is 1. The van der Waals surface area contributed by atoms with Crippen molar-refractivity contribution in [1.82, 2.24) is 20.3 Å². The van der Waals surface area contributed by atoms with Crippen LogP contribution in [-0.4, -0.2) is 53.6 Å². The third kappa shape index (κ3) is 4.90. The van der Waals surface area contributed by atoms with Crippen LogP contribution in [0.1, 0.15) is 22.6 Å². The molecule has 1 aromatic carbocycles. The molecule has 0 atom stereocenters. The van der Waals surface area contributed by atoms with Crippen molar-refractivity contribution in [2.45, 2.75) is 26.9 Å². The summed E-state index contributed by atoms with van der Waals surface area (Å²) < 4.78 is 5.23. The van der Waals surface area contributed by atoms with Gasteiger partial charge >= 0.3 is 0 Å². The summed E-state index contributed by atoms with van der Waals surface area (Å²) in [6.45, 7) is 9.59. The van der Waals surface area contributed by atoms with Crippen molar-refractivity contribution >= 4 is 5.91 Å². The summed E-state index contributed by atoms with van der Waals surface area (Å²) in [5.74, 6) is 0.989. The molecule has 0 unspecified atom stereocenters. The molecule has 25 heavy (non-hydrogen) atoms. The van der Waals surface area contributed by atoms with Crippen molar-refractivity contribution in [2.24, 2.45) is 0 Å². The van der Waals surface area contributed by atoms with Crippen LogP contribution in [0.15, 0.2) is 34.9 Å². The van der Waals surface area contributed by atoms with Crippen LogP contribution in [0.5, 0.6) is 0 Å². The van der Waals surface area contributed by atoms with Gasteiger partial charge in [0.25, 0.3) is 0 Å². The van der Waals surface area contributed by atoms with E-state index in [9.17, 15) is 4.79 Å². The summed E-state index contributed by atoms with van der Waals surface area (Å²) in [6, 6.07) is 9.99. The molecule has 2 aromatic rings. The number of hydrogen-bond acceptors (Lipinski definition) is 5. The number of carbonyl (C=O) groups is 1. The highest BCUT2D eigenvalue weighted by atomic mass is 16.5. The molecule has 6 heteroatoms. The number of piperazine rings is 1. The third-order valence-corrected chi connectivity index (χ3v) is 4.73. The molecule has 134 valence electrons. The van der Waals surface area contributed by atoms with Crippen molar-refractivity contribution in [1.29, 1.82) is 0 Å². The predicted molar refractivity (Wildman–Crippen MR) is 96.0 cm³/mol. The lowest BCUT2D eigenvalue weighted by atomic mass is 10.2. The Morgan fingerprint density at radius 3 is 2.44 bits per heavy atom. The Hall–Kier alpha value is -2.18. The minimum atomic E-state index is 0.0861. The molecule has 0 bridgehead atoms. The number of nitrogens with zero attached hydrogens (tertiary/aromatic N) is 3. The van der Waals surface area contributed by atoms with Crippen LogP contribution in [0.25, 0.3) is 0 Å². The number of carbonyl (C=O) groups excluding carboxylic acids is 1. The maximum atomic E-state index is 12.1. The SMILES string of the molecule is Cc1noc(C)c1CN1CCN(CC(=O)NCc2ccccc2)CC1. The molecule has 1 aromatic heterocycles. The van der Waals surface area contributed by atoms with Crippen LogP contribution >= 0.6 is 0 Å². The Kier molecular flexibility index (Phi) is 5.83. The molecular formula is C19H26N4O2. The summed E-state index contributed by atoms with van der Waals surface area (Å²) in [5, 5.41) is 7.01. The largest absolute Gasteiger partial charge is 0.361 e. The van der Waals surface area contributed by atoms with Crippen molar-refractivity contribution < 1.29 is 9.32 Å². The van der Waals surface area contributed by atoms with Crippen molar-refractivity contribution in [3.8, 4) is 0 Å². The van der Waals surface area contributed by atoms with Gasteiger partial charge < -0.3 is 9.84 Å². The standard InChI is InChI=1S/C19H26N4O2/c1-15-18(16(2)25-21-15)13-22-8-10-23(11-9-22)14-19(24)20-12-17-6-4-3-5-7-17/h3-7H,8-14H2,1-2H3,(H,20,24). The zero-order valence-electron chi connectivity index (χ0n) is 15.0. The highest BCUT2D eigenvalue weighted by molar-refractivity contribution is 5.78. The zero-order valence-corrected chi connectivity index (χ0v) is 15.0. The molecule has 0 spiro atoms. The van der Waals surface area contributed by atoms with Gasteiger partial charge in [0, 0.05) is 44.8 Å². The average molecular weight is 342 g/mol. The van der Waals surface area contributed by atoms with Crippen LogP contribution < -0.4 is 5.32 Å². The van der Waals surface area contributed by atoms with E-state index in [1.807, 2.05) is 44.2 Å². The fourth-order valence-corrected chi connectivity index (χ4v) is 3.11. The van der Waals surface area contributed by atoms with E-state index >= 15 is 0 Å². The summed E-state index contributed by atoms with van der Waals surface area (Å²) in [5.41, 5.74) is 3.29. The zero-order chi connectivity index (χ0) is 17.6. The second kappa shape index (κ2) is 8.27. The lowest BCUT2D eigenvalue weighted by Crippen LogP contribution is -2.49. The van der Waals surface area contributed by atoms with Crippen LogP contribution in [-0.2, 0) is 17.9 Å². The van der Waals surface area contributed by atoms with E-state index < -0.39 is 0 Å². The van der Waals surface area contributed by atoms with Gasteiger partial charge in [-0.2, -0.15) is 0 Å². The first kappa shape index (κ1) is 17.6. The van der Waals surface area contributed by atoms with E-state index in [0.29, 0.717) is 13.1 Å². The highest BCUT2D eigenvalue weighted by Crippen LogP contribution is 2.16. The predicted octanol–water partition coefficient (Wildman–Crippen LogP) is 1.73. The molecule has 6 nitrogen and oxygen atoms in total. The molecule has 3 rings (SSSR count). The fraction of sp³-hybridized carbons (Fsp3) is 0.474. The van der Waals surface area contributed by atoms with E-state index in [2.05, 4.69) is 20.3 Å². The van der Waals surface area contributed by atoms with E-state index in [0.717, 1.165) is 49.7 Å². The molecule has 1 aliphatic rings. The fourth-order valence-electron chi connectivity index (χ4n) is 3.11. The van der Waals surface area contributed by atoms with E-state index in [-0.39, 0.29) is 5.91 Å². The van der Waals surface area contributed by atoms with Crippen LogP contribution in [0.3, 0.4) is 0 Å². The van der Waals surface area contributed by atoms with Crippen LogP contribution in [0.4, 0.5) is 0 Å². The van der Waals surface area contributed by atoms with Gasteiger partial charge in [0.1, 0.15) is 5.76 Å². The maximum absolute atomic E-state index is 12.1. The maximum Gasteiger partial charge on any atom is 0.234 e. The average Bonchev–Trinajstić information content (AvgIpc) is 2.94. The molecule has 0 radical (unpaired) electrons. The summed E-state index contributed by atoms with van der Waals surface area (Å²) in [6.07, 6.45) is 0. The molecule has 1 fully saturated rings. The van der Waals surface area contributed by atoms with Crippen LogP contribution in [0, 0.1) is 13.8 Å². The first-order valence-electron chi connectivity index (χ1n) is 8.79. The Morgan fingerprint density at radius 1 is 1.12 bits per heavy atom. The first-order chi connectivity index (χ1) is 12.1. The second-order valence-corrected chi connectivity index (χ2v) is 6.62. The number of aryl methyl sites for hydroxylation is 2. The molecule has 0 aliphatic carbocycles. The number of hydrogen-bond donors (Lipinski definition) is 1. The third-order valence-electron chi connectivity index (χ3n) is 4.73. The topological polar surface area (TPSA) is 61.6 Å². The van der Waals surface area contributed by atoms with Gasteiger partial charge in [-0.15, -0.1) is 0 Å². The molecule has 2 heterocycles. The normalized spacial score (nSPS) is 16.1. The molecular weight excluding hydrogens is 316 g/mol. The lowest BCUT2D eigenvalue weighted by Gasteiger charge is -2.34. The monoisotopic (exact) mass is 342 g/mol. The summed E-state index contributed by atoms with van der Waals surface area (Å²) in [4.78, 5) is 16.7. The smallest absolute Gasteiger partial charge is 0.234 e. The van der Waals surface area contributed by atoms with Crippen LogP contribution in [0.2, 0.25) is 0 Å². The van der Waals surface area contributed by atoms with Gasteiger partial charge in [0.05, 0.1) is 12.2 Å². The van der Waals surface area contributed by atoms with E-state index in [4.69, 9.17) is 4.52 Å². The molecule has 1 aliphatic heterocycles. The minimum Gasteiger partial charge on any atom is -0.361 e. The first-order valence-corrected chi connectivity index (χ1v) is 8.79. The number of aromatic nitrogens is 1. The molecule has 1 N–H and O–H groups in total. The van der Waals surface area contributed by atoms with Gasteiger partial charge in [0.2, 0.25) is 5.91 Å². The second-order valence-electron chi connectivity index (χ2n) is 6.62. The minimum absolute atomic E-state index is 0.0861. The van der Waals surface area contributed by atoms with E-state index in [1.54, 1.807) is 0 Å². The molecule has 0 saturated carbocycles. The van der Waals surface area contributed by atoms with Crippen molar-refractivity contribution in [3.05, 3.63) is 52.9 Å². The van der Waals surface area contributed by atoms with E-state index in [1.165, 1.54) is 5.56 Å². The number of nitrogens with one attached hydrogen (secondary N) is 1. The Bertz CT molecular complexity index is 671. The lowest BCUT2D eigenvalue weighted by molar-refractivity contribution is -0.122. The highest BCUT2D eigenvalue weighted by Gasteiger charge is 2.21. The van der Waals surface area contributed by atoms with Gasteiger partial charge in [-0.1, -0.05) is 35.5 Å². The number of rotatable bonds is 6.